The van der Waals surface area contributed by atoms with E-state index in [2.05, 4.69) is 5.32 Å². The van der Waals surface area contributed by atoms with E-state index in [9.17, 15) is 15.0 Å². The molecule has 6 heteroatoms. The number of carbonyl (C=O) groups is 1. The van der Waals surface area contributed by atoms with Crippen molar-refractivity contribution in [3.05, 3.63) is 23.8 Å². The molecule has 0 atom stereocenters. The fourth-order valence-corrected chi connectivity index (χ4v) is 1.37. The summed E-state index contributed by atoms with van der Waals surface area (Å²) in [7, 11) is 0. The van der Waals surface area contributed by atoms with E-state index in [4.69, 9.17) is 10.5 Å². The van der Waals surface area contributed by atoms with E-state index < -0.39 is 11.7 Å². The van der Waals surface area contributed by atoms with Crippen LogP contribution in [0.5, 0.6) is 11.5 Å². The lowest BCUT2D eigenvalue weighted by molar-refractivity contribution is 0.0939. The van der Waals surface area contributed by atoms with E-state index in [-0.39, 0.29) is 11.3 Å². The summed E-state index contributed by atoms with van der Waals surface area (Å²) in [6.07, 6.45) is 0.658. The van der Waals surface area contributed by atoms with Gasteiger partial charge in [-0.3, -0.25) is 4.79 Å². The van der Waals surface area contributed by atoms with Crippen LogP contribution in [-0.4, -0.2) is 42.4 Å². The lowest BCUT2D eigenvalue weighted by Crippen LogP contribution is -2.25. The highest BCUT2D eigenvalue weighted by Gasteiger charge is 2.12. The number of nitrogens with two attached hydrogens (primary N) is 1. The summed E-state index contributed by atoms with van der Waals surface area (Å²) in [5.74, 6) is -1.15. The molecule has 100 valence electrons. The molecule has 0 aliphatic rings. The summed E-state index contributed by atoms with van der Waals surface area (Å²) >= 11 is 0. The first-order chi connectivity index (χ1) is 8.66. The predicted molar refractivity (Wildman–Crippen MR) is 66.6 cm³/mol. The quantitative estimate of drug-likeness (QED) is 0.411. The Morgan fingerprint density at radius 3 is 2.83 bits per heavy atom. The number of rotatable bonds is 7. The van der Waals surface area contributed by atoms with Gasteiger partial charge >= 0.3 is 0 Å². The van der Waals surface area contributed by atoms with Crippen LogP contribution in [-0.2, 0) is 4.74 Å². The van der Waals surface area contributed by atoms with Crippen molar-refractivity contribution in [1.82, 2.24) is 5.32 Å². The molecule has 0 bridgehead atoms. The first-order valence-electron chi connectivity index (χ1n) is 5.73. The third kappa shape index (κ3) is 4.23. The van der Waals surface area contributed by atoms with E-state index >= 15 is 0 Å². The summed E-state index contributed by atoms with van der Waals surface area (Å²) in [4.78, 5) is 11.7. The van der Waals surface area contributed by atoms with Crippen molar-refractivity contribution in [3.63, 3.8) is 0 Å². The zero-order valence-electron chi connectivity index (χ0n) is 10.1. The maximum atomic E-state index is 11.7. The third-order valence-corrected chi connectivity index (χ3v) is 2.27. The Labute approximate surface area is 105 Å². The Hall–Kier alpha value is -1.79. The van der Waals surface area contributed by atoms with E-state index in [1.807, 2.05) is 0 Å². The van der Waals surface area contributed by atoms with E-state index in [1.165, 1.54) is 18.2 Å². The van der Waals surface area contributed by atoms with Crippen LogP contribution in [0.15, 0.2) is 18.2 Å². The molecule has 0 saturated carbocycles. The van der Waals surface area contributed by atoms with Crippen molar-refractivity contribution < 1.29 is 19.7 Å². The van der Waals surface area contributed by atoms with Gasteiger partial charge in [-0.25, -0.2) is 0 Å². The minimum atomic E-state index is -0.428. The van der Waals surface area contributed by atoms with Gasteiger partial charge in [0.05, 0.1) is 12.2 Å². The molecule has 0 fully saturated rings. The van der Waals surface area contributed by atoms with Crippen LogP contribution in [0, 0.1) is 0 Å². The van der Waals surface area contributed by atoms with Crippen LogP contribution < -0.4 is 11.1 Å². The van der Waals surface area contributed by atoms with Crippen molar-refractivity contribution in [3.8, 4) is 11.5 Å². The first kappa shape index (κ1) is 14.3. The van der Waals surface area contributed by atoms with Crippen molar-refractivity contribution in [2.24, 2.45) is 5.73 Å². The van der Waals surface area contributed by atoms with Crippen molar-refractivity contribution in [2.75, 3.05) is 26.3 Å². The molecule has 0 heterocycles. The average molecular weight is 254 g/mol. The van der Waals surface area contributed by atoms with Gasteiger partial charge in [0.25, 0.3) is 5.91 Å². The molecule has 0 aromatic heterocycles. The van der Waals surface area contributed by atoms with Crippen molar-refractivity contribution in [1.29, 1.82) is 0 Å². The fourth-order valence-electron chi connectivity index (χ4n) is 1.37. The second-order valence-corrected chi connectivity index (χ2v) is 3.68. The molecule has 0 aliphatic carbocycles. The number of ether oxygens (including phenoxy) is 1. The highest BCUT2D eigenvalue weighted by molar-refractivity contribution is 5.97. The number of hydrogen-bond acceptors (Lipinski definition) is 5. The monoisotopic (exact) mass is 254 g/mol. The maximum absolute atomic E-state index is 11.7. The molecule has 6 nitrogen and oxygen atoms in total. The number of para-hydroxylation sites is 1. The van der Waals surface area contributed by atoms with Gasteiger partial charge in [-0.15, -0.1) is 0 Å². The van der Waals surface area contributed by atoms with Crippen LogP contribution in [0.25, 0.3) is 0 Å². The standard InChI is InChI=1S/C12H18N2O4/c13-5-8-18-7-2-6-14-12(17)9-3-1-4-10(15)11(9)16/h1,3-4,15-16H,2,5-8,13H2,(H,14,17). The summed E-state index contributed by atoms with van der Waals surface area (Å²) in [5.41, 5.74) is 5.31. The molecular formula is C12H18N2O4. The SMILES string of the molecule is NCCOCCCNC(=O)c1cccc(O)c1O. The zero-order chi connectivity index (χ0) is 13.4. The fraction of sp³-hybridized carbons (Fsp3) is 0.417. The lowest BCUT2D eigenvalue weighted by atomic mass is 10.1. The third-order valence-electron chi connectivity index (χ3n) is 2.27. The Kier molecular flexibility index (Phi) is 5.96. The molecule has 0 radical (unpaired) electrons. The minimum absolute atomic E-state index is 0.0536. The number of carbonyl (C=O) groups excluding carboxylic acids is 1. The topological polar surface area (TPSA) is 105 Å². The van der Waals surface area contributed by atoms with Crippen LogP contribution >= 0.6 is 0 Å². The average Bonchev–Trinajstić information content (AvgIpc) is 2.36. The summed E-state index contributed by atoms with van der Waals surface area (Å²) in [6.45, 7) is 1.92. The minimum Gasteiger partial charge on any atom is -0.504 e. The molecule has 1 amide bonds. The van der Waals surface area contributed by atoms with Crippen LogP contribution in [0.2, 0.25) is 0 Å². The molecule has 5 N–H and O–H groups in total. The van der Waals surface area contributed by atoms with Gasteiger partial charge in [0.15, 0.2) is 11.5 Å². The van der Waals surface area contributed by atoms with Crippen LogP contribution in [0.1, 0.15) is 16.8 Å². The van der Waals surface area contributed by atoms with E-state index in [0.717, 1.165) is 0 Å². The second kappa shape index (κ2) is 7.52. The van der Waals surface area contributed by atoms with Crippen LogP contribution in [0.3, 0.4) is 0 Å². The molecule has 0 saturated heterocycles. The first-order valence-corrected chi connectivity index (χ1v) is 5.73. The largest absolute Gasteiger partial charge is 0.504 e. The summed E-state index contributed by atoms with van der Waals surface area (Å²) < 4.78 is 5.15. The molecule has 1 rings (SSSR count). The Morgan fingerprint density at radius 1 is 1.33 bits per heavy atom. The number of nitrogens with one attached hydrogen (secondary N) is 1. The van der Waals surface area contributed by atoms with Gasteiger partial charge in [0.1, 0.15) is 0 Å². The predicted octanol–water partition coefficient (Wildman–Crippen LogP) is 0.193. The number of phenols is 2. The normalized spacial score (nSPS) is 10.3. The molecule has 1 aromatic rings. The Morgan fingerprint density at radius 2 is 2.11 bits per heavy atom. The van der Waals surface area contributed by atoms with Gasteiger partial charge < -0.3 is 26.0 Å². The van der Waals surface area contributed by atoms with Gasteiger partial charge in [0.2, 0.25) is 0 Å². The van der Waals surface area contributed by atoms with Gasteiger partial charge in [-0.1, -0.05) is 6.07 Å². The van der Waals surface area contributed by atoms with E-state index in [0.29, 0.717) is 32.7 Å². The Bertz CT molecular complexity index is 396. The van der Waals surface area contributed by atoms with Crippen LogP contribution in [0.4, 0.5) is 0 Å². The van der Waals surface area contributed by atoms with Crippen molar-refractivity contribution >= 4 is 5.91 Å². The second-order valence-electron chi connectivity index (χ2n) is 3.68. The smallest absolute Gasteiger partial charge is 0.255 e. The van der Waals surface area contributed by atoms with Gasteiger partial charge in [-0.05, 0) is 18.6 Å². The molecule has 0 unspecified atom stereocenters. The molecule has 0 spiro atoms. The maximum Gasteiger partial charge on any atom is 0.255 e. The number of phenolic OH excluding ortho intramolecular Hbond substituents is 2. The van der Waals surface area contributed by atoms with E-state index in [1.54, 1.807) is 0 Å². The lowest BCUT2D eigenvalue weighted by Gasteiger charge is -2.07. The Balaban J connectivity index is 2.35. The highest BCUT2D eigenvalue weighted by atomic mass is 16.5. The number of hydrogen-bond donors (Lipinski definition) is 4. The molecule has 18 heavy (non-hydrogen) atoms. The summed E-state index contributed by atoms with van der Waals surface area (Å²) in [5, 5.41) is 21.4. The zero-order valence-corrected chi connectivity index (χ0v) is 10.1. The summed E-state index contributed by atoms with van der Waals surface area (Å²) in [6, 6.07) is 4.25. The highest BCUT2D eigenvalue weighted by Crippen LogP contribution is 2.27. The molecular weight excluding hydrogens is 236 g/mol. The number of aromatic hydroxyl groups is 2. The number of amides is 1. The van der Waals surface area contributed by atoms with Crippen molar-refractivity contribution in [2.45, 2.75) is 6.42 Å². The number of benzene rings is 1. The van der Waals surface area contributed by atoms with Gasteiger partial charge in [-0.2, -0.15) is 0 Å². The molecule has 0 aliphatic heterocycles. The molecule has 1 aromatic carbocycles. The van der Waals surface area contributed by atoms with Gasteiger partial charge in [0, 0.05) is 19.7 Å².